The first-order chi connectivity index (χ1) is 15.7. The van der Waals surface area contributed by atoms with Crippen LogP contribution in [0.5, 0.6) is 0 Å². The lowest BCUT2D eigenvalue weighted by molar-refractivity contribution is 0.673. The number of hydrogen-bond acceptors (Lipinski definition) is 2. The number of anilines is 2. The summed E-state index contributed by atoms with van der Waals surface area (Å²) in [6.45, 7) is 12.0. The molecule has 4 heteroatoms. The molecular formula is C28H19N3O. The highest BCUT2D eigenvalue weighted by atomic mass is 16.3. The van der Waals surface area contributed by atoms with Crippen LogP contribution in [0.4, 0.5) is 17.1 Å². The number of furan rings is 1. The fourth-order valence-electron chi connectivity index (χ4n) is 5.40. The van der Waals surface area contributed by atoms with E-state index in [1.165, 1.54) is 11.4 Å². The molecule has 4 nitrogen and oxygen atoms in total. The van der Waals surface area contributed by atoms with Crippen molar-refractivity contribution in [1.29, 1.82) is 0 Å². The maximum atomic E-state index is 7.58. The second kappa shape index (κ2) is 5.93. The van der Waals surface area contributed by atoms with Crippen LogP contribution in [0.3, 0.4) is 0 Å². The molecule has 0 aliphatic carbocycles. The fraction of sp³-hybridized carbons (Fsp3) is 0.107. The highest BCUT2D eigenvalue weighted by Gasteiger charge is 2.31. The van der Waals surface area contributed by atoms with Gasteiger partial charge in [-0.15, -0.1) is 0 Å². The van der Waals surface area contributed by atoms with Crippen LogP contribution >= 0.6 is 0 Å². The van der Waals surface area contributed by atoms with Crippen LogP contribution < -0.4 is 4.90 Å². The topological polar surface area (TPSA) is 25.7 Å². The van der Waals surface area contributed by atoms with Gasteiger partial charge < -0.3 is 13.9 Å². The fourth-order valence-corrected chi connectivity index (χ4v) is 5.40. The van der Waals surface area contributed by atoms with Gasteiger partial charge in [-0.2, -0.15) is 0 Å². The molecule has 0 unspecified atom stereocenters. The number of benzene rings is 4. The van der Waals surface area contributed by atoms with E-state index in [4.69, 9.17) is 11.0 Å². The molecule has 6 aromatic rings. The number of fused-ring (bicyclic) bond motifs is 9. The number of aromatic nitrogens is 1. The van der Waals surface area contributed by atoms with Gasteiger partial charge in [0, 0.05) is 22.2 Å². The molecule has 2 aromatic heterocycles. The Morgan fingerprint density at radius 3 is 2.41 bits per heavy atom. The Labute approximate surface area is 184 Å². The Balaban J connectivity index is 1.82. The van der Waals surface area contributed by atoms with E-state index in [0.717, 1.165) is 49.4 Å². The van der Waals surface area contributed by atoms with Crippen molar-refractivity contribution < 1.29 is 4.42 Å². The third-order valence-corrected chi connectivity index (χ3v) is 6.62. The van der Waals surface area contributed by atoms with E-state index in [-0.39, 0.29) is 6.04 Å². The van der Waals surface area contributed by atoms with Crippen molar-refractivity contribution >= 4 is 60.8 Å². The quantitative estimate of drug-likeness (QED) is 0.255. The predicted octanol–water partition coefficient (Wildman–Crippen LogP) is 8.09. The second-order valence-corrected chi connectivity index (χ2v) is 8.70. The van der Waals surface area contributed by atoms with Gasteiger partial charge in [0.1, 0.15) is 11.2 Å². The molecule has 0 bridgehead atoms. The molecule has 7 rings (SSSR count). The largest absolute Gasteiger partial charge is 0.455 e. The monoisotopic (exact) mass is 413 g/mol. The lowest BCUT2D eigenvalue weighted by atomic mass is 10.0. The Kier molecular flexibility index (Phi) is 3.23. The Morgan fingerprint density at radius 2 is 1.59 bits per heavy atom. The summed E-state index contributed by atoms with van der Waals surface area (Å²) >= 11 is 0. The first kappa shape index (κ1) is 17.5. The Bertz CT molecular complexity index is 1780. The molecule has 0 atom stereocenters. The molecule has 1 aliphatic heterocycles. The summed E-state index contributed by atoms with van der Waals surface area (Å²) in [7, 11) is 0. The lowest BCUT2D eigenvalue weighted by Gasteiger charge is -2.36. The van der Waals surface area contributed by atoms with Crippen molar-refractivity contribution in [2.45, 2.75) is 19.9 Å². The first-order valence-corrected chi connectivity index (χ1v) is 10.9. The molecule has 0 amide bonds. The van der Waals surface area contributed by atoms with Gasteiger partial charge in [0.2, 0.25) is 0 Å². The van der Waals surface area contributed by atoms with Gasteiger partial charge >= 0.3 is 0 Å². The van der Waals surface area contributed by atoms with Crippen LogP contribution in [0, 0.1) is 6.57 Å². The first-order valence-electron chi connectivity index (χ1n) is 10.9. The third-order valence-electron chi connectivity index (χ3n) is 6.62. The van der Waals surface area contributed by atoms with E-state index in [1.807, 2.05) is 24.3 Å². The highest BCUT2D eigenvalue weighted by Crippen LogP contribution is 2.51. The molecular weight excluding hydrogens is 394 g/mol. The minimum Gasteiger partial charge on any atom is -0.455 e. The molecule has 152 valence electrons. The van der Waals surface area contributed by atoms with Crippen molar-refractivity contribution in [2.24, 2.45) is 0 Å². The van der Waals surface area contributed by atoms with Crippen LogP contribution in [0.1, 0.15) is 13.8 Å². The van der Waals surface area contributed by atoms with Crippen LogP contribution in [-0.4, -0.2) is 10.6 Å². The van der Waals surface area contributed by atoms with Gasteiger partial charge in [-0.25, -0.2) is 4.85 Å². The second-order valence-electron chi connectivity index (χ2n) is 8.70. The van der Waals surface area contributed by atoms with Crippen LogP contribution in [0.25, 0.3) is 54.3 Å². The zero-order valence-electron chi connectivity index (χ0n) is 17.8. The van der Waals surface area contributed by atoms with Gasteiger partial charge in [0.15, 0.2) is 5.69 Å². The zero-order valence-corrected chi connectivity index (χ0v) is 17.8. The maximum absolute atomic E-state index is 7.58. The van der Waals surface area contributed by atoms with Gasteiger partial charge in [0.25, 0.3) is 0 Å². The third kappa shape index (κ3) is 2.01. The molecule has 0 N–H and O–H groups in total. The van der Waals surface area contributed by atoms with E-state index in [1.54, 1.807) is 0 Å². The maximum Gasteiger partial charge on any atom is 0.188 e. The molecule has 0 spiro atoms. The van der Waals surface area contributed by atoms with E-state index in [0.29, 0.717) is 5.69 Å². The predicted molar refractivity (Wildman–Crippen MR) is 132 cm³/mol. The normalized spacial score (nSPS) is 12.9. The average molecular weight is 413 g/mol. The number of hydrogen-bond donors (Lipinski definition) is 0. The highest BCUT2D eigenvalue weighted by molar-refractivity contribution is 6.28. The molecule has 0 saturated heterocycles. The van der Waals surface area contributed by atoms with Crippen molar-refractivity contribution in [3.05, 3.63) is 84.2 Å². The summed E-state index contributed by atoms with van der Waals surface area (Å²) < 4.78 is 8.80. The number of nitrogens with zero attached hydrogens (tertiary/aromatic N) is 3. The average Bonchev–Trinajstić information content (AvgIpc) is 3.35. The smallest absolute Gasteiger partial charge is 0.188 e. The summed E-state index contributed by atoms with van der Waals surface area (Å²) in [5, 5.41) is 4.36. The van der Waals surface area contributed by atoms with Crippen molar-refractivity contribution in [3.8, 4) is 5.69 Å². The van der Waals surface area contributed by atoms with E-state index in [2.05, 4.69) is 76.7 Å². The molecule has 1 aliphatic rings. The summed E-state index contributed by atoms with van der Waals surface area (Å²) in [5.74, 6) is 0. The lowest BCUT2D eigenvalue weighted by Crippen LogP contribution is -2.29. The molecule has 0 fully saturated rings. The van der Waals surface area contributed by atoms with E-state index in [9.17, 15) is 0 Å². The van der Waals surface area contributed by atoms with Gasteiger partial charge in [-0.05, 0) is 50.2 Å². The Hall–Kier alpha value is -4.23. The zero-order chi connectivity index (χ0) is 21.6. The molecule has 4 aromatic carbocycles. The molecule has 32 heavy (non-hydrogen) atoms. The Morgan fingerprint density at radius 1 is 0.812 bits per heavy atom. The SMILES string of the molecule is [C-]#[N+]c1ccc2c(c1)c1c3oc4ccccc4c3cc3c1n2-c1ccccc1N3C(C)C. The van der Waals surface area contributed by atoms with Gasteiger partial charge in [-0.3, -0.25) is 0 Å². The summed E-state index contributed by atoms with van der Waals surface area (Å²) in [6.07, 6.45) is 0. The molecule has 0 radical (unpaired) electrons. The van der Waals surface area contributed by atoms with Crippen LogP contribution in [0.2, 0.25) is 0 Å². The summed E-state index contributed by atoms with van der Waals surface area (Å²) in [4.78, 5) is 6.13. The number of para-hydroxylation sites is 3. The molecule has 0 saturated carbocycles. The van der Waals surface area contributed by atoms with Crippen molar-refractivity contribution in [3.63, 3.8) is 0 Å². The standard InChI is InChI=1S/C28H19N3O/c1-16(2)30-22-9-5-6-10-23(22)31-21-13-12-17(29-3)14-20(21)26-27(31)24(30)15-19-18-8-4-7-11-25(18)32-28(19)26/h4-16H,1-2H3. The minimum absolute atomic E-state index is 0.278. The van der Waals surface area contributed by atoms with Crippen molar-refractivity contribution in [1.82, 2.24) is 4.57 Å². The summed E-state index contributed by atoms with van der Waals surface area (Å²) in [5.41, 5.74) is 8.16. The summed E-state index contributed by atoms with van der Waals surface area (Å²) in [6, 6.07) is 25.3. The van der Waals surface area contributed by atoms with Gasteiger partial charge in [-0.1, -0.05) is 36.4 Å². The minimum atomic E-state index is 0.278. The number of rotatable bonds is 1. The van der Waals surface area contributed by atoms with Crippen LogP contribution in [0.15, 0.2) is 77.2 Å². The van der Waals surface area contributed by atoms with E-state index < -0.39 is 0 Å². The van der Waals surface area contributed by atoms with Gasteiger partial charge in [0.05, 0.1) is 40.1 Å². The van der Waals surface area contributed by atoms with Crippen molar-refractivity contribution in [2.75, 3.05) is 4.90 Å². The molecule has 3 heterocycles. The van der Waals surface area contributed by atoms with Crippen LogP contribution in [-0.2, 0) is 0 Å². The van der Waals surface area contributed by atoms with E-state index >= 15 is 0 Å².